The van der Waals surface area contributed by atoms with E-state index in [1.807, 2.05) is 31.3 Å². The fourth-order valence-corrected chi connectivity index (χ4v) is 3.45. The van der Waals surface area contributed by atoms with Crippen LogP contribution < -0.4 is 9.80 Å². The zero-order valence-electron chi connectivity index (χ0n) is 12.3. The van der Waals surface area contributed by atoms with Crippen LogP contribution in [0.25, 0.3) is 0 Å². The topological polar surface area (TPSA) is 68.9 Å². The lowest BCUT2D eigenvalue weighted by Gasteiger charge is -2.57. The second kappa shape index (κ2) is 4.95. The van der Waals surface area contributed by atoms with Gasteiger partial charge in [-0.25, -0.2) is 15.0 Å². The van der Waals surface area contributed by atoms with Crippen LogP contribution in [0.4, 0.5) is 11.6 Å². The van der Waals surface area contributed by atoms with Gasteiger partial charge in [-0.3, -0.25) is 0 Å². The summed E-state index contributed by atoms with van der Waals surface area (Å²) in [5.74, 6) is 2.61. The maximum absolute atomic E-state index is 9.27. The van der Waals surface area contributed by atoms with Gasteiger partial charge >= 0.3 is 0 Å². The Labute approximate surface area is 129 Å². The second-order valence-corrected chi connectivity index (χ2v) is 5.80. The zero-order chi connectivity index (χ0) is 15.1. The third-order valence-corrected chi connectivity index (χ3v) is 4.43. The van der Waals surface area contributed by atoms with Crippen LogP contribution in [0.15, 0.2) is 30.6 Å². The summed E-state index contributed by atoms with van der Waals surface area (Å²) in [7, 11) is 0. The SMILES string of the molecule is Cc1nccc(N2CC3CC(C2)N3c2ncccc2C#N)n1. The molecule has 0 amide bonds. The van der Waals surface area contributed by atoms with Crippen LogP contribution in [0.3, 0.4) is 0 Å². The molecule has 0 aliphatic carbocycles. The van der Waals surface area contributed by atoms with Gasteiger partial charge in [0, 0.05) is 25.5 Å². The van der Waals surface area contributed by atoms with Gasteiger partial charge < -0.3 is 9.80 Å². The molecule has 0 aromatic carbocycles. The summed E-state index contributed by atoms with van der Waals surface area (Å²) < 4.78 is 0. The molecule has 0 radical (unpaired) electrons. The van der Waals surface area contributed by atoms with E-state index in [9.17, 15) is 5.26 Å². The molecule has 0 N–H and O–H groups in total. The van der Waals surface area contributed by atoms with Gasteiger partial charge in [0.05, 0.1) is 17.6 Å². The van der Waals surface area contributed by atoms with Gasteiger partial charge in [-0.1, -0.05) is 0 Å². The Morgan fingerprint density at radius 2 is 2.00 bits per heavy atom. The van der Waals surface area contributed by atoms with E-state index in [4.69, 9.17) is 0 Å². The predicted octanol–water partition coefficient (Wildman–Crippen LogP) is 1.52. The molecule has 2 bridgehead atoms. The van der Waals surface area contributed by atoms with Crippen LogP contribution in [0.5, 0.6) is 0 Å². The van der Waals surface area contributed by atoms with Crippen LogP contribution in [-0.2, 0) is 0 Å². The molecule has 5 rings (SSSR count). The number of hydrogen-bond acceptors (Lipinski definition) is 6. The Morgan fingerprint density at radius 3 is 2.73 bits per heavy atom. The largest absolute Gasteiger partial charge is 0.352 e. The summed E-state index contributed by atoms with van der Waals surface area (Å²) in [5, 5.41) is 9.27. The number of fused-ring (bicyclic) bond motifs is 2. The highest BCUT2D eigenvalue weighted by atomic mass is 15.4. The predicted molar refractivity (Wildman–Crippen MR) is 82.6 cm³/mol. The highest BCUT2D eigenvalue weighted by Crippen LogP contribution is 2.38. The minimum atomic E-state index is 0.399. The van der Waals surface area contributed by atoms with E-state index in [2.05, 4.69) is 30.8 Å². The van der Waals surface area contributed by atoms with Crippen molar-refractivity contribution in [1.82, 2.24) is 15.0 Å². The number of aromatic nitrogens is 3. The number of nitriles is 1. The normalized spacial score (nSPS) is 22.9. The molecular weight excluding hydrogens is 276 g/mol. The fourth-order valence-electron chi connectivity index (χ4n) is 3.45. The standard InChI is InChI=1S/C16H16N6/c1-11-18-6-4-15(20-11)21-9-13-7-14(10-21)22(13)16-12(8-17)3-2-5-19-16/h2-6,13-14H,7,9-10H2,1H3. The number of rotatable bonds is 2. The van der Waals surface area contributed by atoms with Crippen molar-refractivity contribution in [3.63, 3.8) is 0 Å². The van der Waals surface area contributed by atoms with Crippen molar-refractivity contribution in [2.24, 2.45) is 0 Å². The highest BCUT2D eigenvalue weighted by molar-refractivity contribution is 5.59. The number of piperidine rings is 1. The molecular formula is C16H16N6. The zero-order valence-corrected chi connectivity index (χ0v) is 12.3. The van der Waals surface area contributed by atoms with Gasteiger partial charge in [0.1, 0.15) is 23.5 Å². The number of pyridine rings is 1. The van der Waals surface area contributed by atoms with Crippen molar-refractivity contribution < 1.29 is 0 Å². The lowest BCUT2D eigenvalue weighted by Crippen LogP contribution is -2.69. The van der Waals surface area contributed by atoms with E-state index in [0.717, 1.165) is 37.0 Å². The third-order valence-electron chi connectivity index (χ3n) is 4.43. The molecule has 3 aliphatic heterocycles. The van der Waals surface area contributed by atoms with Gasteiger partial charge in [-0.15, -0.1) is 0 Å². The lowest BCUT2D eigenvalue weighted by molar-refractivity contribution is 0.287. The van der Waals surface area contributed by atoms with E-state index >= 15 is 0 Å². The smallest absolute Gasteiger partial charge is 0.147 e. The fraction of sp³-hybridized carbons (Fsp3) is 0.375. The number of anilines is 2. The molecule has 2 atom stereocenters. The van der Waals surface area contributed by atoms with Crippen LogP contribution in [0.1, 0.15) is 17.8 Å². The first kappa shape index (κ1) is 13.0. The van der Waals surface area contributed by atoms with Gasteiger partial charge in [0.2, 0.25) is 0 Å². The van der Waals surface area contributed by atoms with E-state index in [1.54, 1.807) is 6.20 Å². The van der Waals surface area contributed by atoms with Crippen molar-refractivity contribution in [3.05, 3.63) is 42.0 Å². The Morgan fingerprint density at radius 1 is 1.18 bits per heavy atom. The number of hydrogen-bond donors (Lipinski definition) is 0. The van der Waals surface area contributed by atoms with Crippen molar-refractivity contribution in [1.29, 1.82) is 5.26 Å². The Hall–Kier alpha value is -2.68. The van der Waals surface area contributed by atoms with E-state index in [1.165, 1.54) is 0 Å². The summed E-state index contributed by atoms with van der Waals surface area (Å²) in [6.45, 7) is 3.73. The molecule has 0 saturated carbocycles. The molecule has 2 aromatic heterocycles. The van der Waals surface area contributed by atoms with Gasteiger partial charge in [-0.05, 0) is 31.5 Å². The lowest BCUT2D eigenvalue weighted by atomic mass is 9.87. The summed E-state index contributed by atoms with van der Waals surface area (Å²) in [6, 6.07) is 8.65. The van der Waals surface area contributed by atoms with E-state index in [0.29, 0.717) is 17.6 Å². The Kier molecular flexibility index (Phi) is 2.93. The quantitative estimate of drug-likeness (QED) is 0.836. The molecule has 6 heteroatoms. The molecule has 2 unspecified atom stereocenters. The first-order valence-electron chi connectivity index (χ1n) is 7.44. The molecule has 3 aliphatic rings. The molecule has 3 saturated heterocycles. The maximum atomic E-state index is 9.27. The van der Waals surface area contributed by atoms with Crippen molar-refractivity contribution in [2.75, 3.05) is 22.9 Å². The molecule has 22 heavy (non-hydrogen) atoms. The van der Waals surface area contributed by atoms with Crippen molar-refractivity contribution in [2.45, 2.75) is 25.4 Å². The number of nitrogens with zero attached hydrogens (tertiary/aromatic N) is 6. The average Bonchev–Trinajstić information content (AvgIpc) is 2.55. The Balaban J connectivity index is 1.57. The second-order valence-electron chi connectivity index (χ2n) is 5.80. The summed E-state index contributed by atoms with van der Waals surface area (Å²) in [4.78, 5) is 17.7. The molecule has 6 nitrogen and oxygen atoms in total. The van der Waals surface area contributed by atoms with Crippen LogP contribution in [0, 0.1) is 18.3 Å². The monoisotopic (exact) mass is 292 g/mol. The molecule has 2 aromatic rings. The minimum Gasteiger partial charge on any atom is -0.352 e. The van der Waals surface area contributed by atoms with E-state index in [-0.39, 0.29) is 0 Å². The molecule has 5 heterocycles. The van der Waals surface area contributed by atoms with Crippen molar-refractivity contribution >= 4 is 11.6 Å². The van der Waals surface area contributed by atoms with E-state index < -0.39 is 0 Å². The molecule has 0 spiro atoms. The highest BCUT2D eigenvalue weighted by Gasteiger charge is 2.46. The van der Waals surface area contributed by atoms with Crippen LogP contribution in [0.2, 0.25) is 0 Å². The summed E-state index contributed by atoms with van der Waals surface area (Å²) >= 11 is 0. The van der Waals surface area contributed by atoms with Gasteiger partial charge in [-0.2, -0.15) is 5.26 Å². The van der Waals surface area contributed by atoms with Crippen LogP contribution in [-0.4, -0.2) is 40.1 Å². The third kappa shape index (κ3) is 1.98. The summed E-state index contributed by atoms with van der Waals surface area (Å²) in [5.41, 5.74) is 0.656. The Bertz CT molecular complexity index is 740. The molecule has 110 valence electrons. The van der Waals surface area contributed by atoms with Gasteiger partial charge in [0.25, 0.3) is 0 Å². The maximum Gasteiger partial charge on any atom is 0.147 e. The van der Waals surface area contributed by atoms with Gasteiger partial charge in [0.15, 0.2) is 0 Å². The average molecular weight is 292 g/mol. The first-order valence-corrected chi connectivity index (χ1v) is 7.44. The molecule has 3 fully saturated rings. The first-order chi connectivity index (χ1) is 10.8. The minimum absolute atomic E-state index is 0.399. The van der Waals surface area contributed by atoms with Crippen molar-refractivity contribution in [3.8, 4) is 6.07 Å². The number of piperazine rings is 1. The summed E-state index contributed by atoms with van der Waals surface area (Å²) in [6.07, 6.45) is 4.72. The number of aryl methyl sites for hydroxylation is 1. The van der Waals surface area contributed by atoms with Crippen LogP contribution >= 0.6 is 0 Å².